The summed E-state index contributed by atoms with van der Waals surface area (Å²) in [6.07, 6.45) is -0.682. The molecule has 1 saturated heterocycles. The van der Waals surface area contributed by atoms with Crippen LogP contribution in [0.15, 0.2) is 30.3 Å². The van der Waals surface area contributed by atoms with Crippen LogP contribution >= 0.6 is 0 Å². The normalized spacial score (nSPS) is 14.0. The topological polar surface area (TPSA) is 87.2 Å². The third-order valence-corrected chi connectivity index (χ3v) is 2.84. The molecular weight excluding hydrogens is 264 g/mol. The second-order valence-corrected chi connectivity index (χ2v) is 4.25. The van der Waals surface area contributed by atoms with Crippen LogP contribution in [0.25, 0.3) is 0 Å². The molecule has 0 unspecified atom stereocenters. The number of amides is 2. The summed E-state index contributed by atoms with van der Waals surface area (Å²) < 4.78 is 4.69. The van der Waals surface area contributed by atoms with Gasteiger partial charge in [0.25, 0.3) is 5.91 Å². The average Bonchev–Trinajstić information content (AvgIpc) is 2.85. The maximum absolute atomic E-state index is 12.0. The van der Waals surface area contributed by atoms with Crippen molar-refractivity contribution < 1.29 is 24.2 Å². The Morgan fingerprint density at radius 2 is 1.95 bits per heavy atom. The van der Waals surface area contributed by atoms with Gasteiger partial charge in [0.15, 0.2) is 0 Å². The molecule has 7 nitrogen and oxygen atoms in total. The van der Waals surface area contributed by atoms with Crippen molar-refractivity contribution >= 4 is 23.7 Å². The molecule has 0 aliphatic carbocycles. The van der Waals surface area contributed by atoms with Crippen LogP contribution in [0.2, 0.25) is 0 Å². The Morgan fingerprint density at radius 3 is 2.50 bits per heavy atom. The van der Waals surface area contributed by atoms with Crippen molar-refractivity contribution in [2.24, 2.45) is 0 Å². The lowest BCUT2D eigenvalue weighted by atomic mass is 10.2. The Balaban J connectivity index is 2.10. The van der Waals surface area contributed by atoms with Crippen molar-refractivity contribution in [1.29, 1.82) is 0 Å². The number of ether oxygens (including phenoxy) is 1. The van der Waals surface area contributed by atoms with Gasteiger partial charge in [-0.05, 0) is 12.1 Å². The molecule has 7 heteroatoms. The van der Waals surface area contributed by atoms with Crippen molar-refractivity contribution in [3.05, 3.63) is 30.3 Å². The lowest BCUT2D eigenvalue weighted by molar-refractivity contribution is -0.135. The lowest BCUT2D eigenvalue weighted by Crippen LogP contribution is -2.42. The molecule has 106 valence electrons. The number of imide groups is 1. The number of hydrogen-bond acceptors (Lipinski definition) is 5. The van der Waals surface area contributed by atoms with Gasteiger partial charge in [-0.2, -0.15) is 0 Å². The molecule has 2 amide bonds. The van der Waals surface area contributed by atoms with E-state index in [4.69, 9.17) is 5.11 Å². The van der Waals surface area contributed by atoms with Crippen LogP contribution in [0, 0.1) is 0 Å². The number of hydrogen-bond donors (Lipinski definition) is 1. The molecule has 0 spiro atoms. The summed E-state index contributed by atoms with van der Waals surface area (Å²) in [5.74, 6) is -1.52. The Hall–Kier alpha value is -2.57. The highest BCUT2D eigenvalue weighted by Crippen LogP contribution is 2.14. The van der Waals surface area contributed by atoms with Gasteiger partial charge in [0.1, 0.15) is 13.2 Å². The molecule has 2 rings (SSSR count). The number of para-hydroxylation sites is 1. The first-order valence-corrected chi connectivity index (χ1v) is 6.07. The van der Waals surface area contributed by atoms with E-state index in [0.717, 1.165) is 4.90 Å². The minimum atomic E-state index is -1.05. The zero-order valence-corrected chi connectivity index (χ0v) is 10.7. The minimum absolute atomic E-state index is 0.175. The minimum Gasteiger partial charge on any atom is -0.480 e. The number of carboxylic acid groups (broad SMARTS) is 1. The molecule has 1 N–H and O–H groups in total. The van der Waals surface area contributed by atoms with Crippen LogP contribution < -0.4 is 4.90 Å². The van der Waals surface area contributed by atoms with Gasteiger partial charge in [-0.3, -0.25) is 9.59 Å². The molecule has 1 aliphatic rings. The average molecular weight is 278 g/mol. The molecule has 0 atom stereocenters. The highest BCUT2D eigenvalue weighted by molar-refractivity contribution is 5.95. The highest BCUT2D eigenvalue weighted by atomic mass is 16.6. The maximum atomic E-state index is 12.0. The number of rotatable bonds is 5. The van der Waals surface area contributed by atoms with Crippen LogP contribution in [0.3, 0.4) is 0 Å². The molecule has 1 aromatic rings. The van der Waals surface area contributed by atoms with Gasteiger partial charge < -0.3 is 14.7 Å². The van der Waals surface area contributed by atoms with Crippen LogP contribution in [0.5, 0.6) is 0 Å². The van der Waals surface area contributed by atoms with Gasteiger partial charge in [0.05, 0.1) is 13.1 Å². The van der Waals surface area contributed by atoms with Crippen LogP contribution in [-0.2, 0) is 14.3 Å². The van der Waals surface area contributed by atoms with Gasteiger partial charge in [0, 0.05) is 5.69 Å². The van der Waals surface area contributed by atoms with Crippen molar-refractivity contribution in [1.82, 2.24) is 4.90 Å². The Morgan fingerprint density at radius 1 is 1.25 bits per heavy atom. The van der Waals surface area contributed by atoms with Crippen LogP contribution in [0.1, 0.15) is 0 Å². The first-order chi connectivity index (χ1) is 9.58. The van der Waals surface area contributed by atoms with Crippen molar-refractivity contribution in [2.45, 2.75) is 0 Å². The number of nitrogens with zero attached hydrogens (tertiary/aromatic N) is 2. The standard InChI is InChI=1S/C13H14N2O5/c16-11(15-6-7-20-13(15)19)8-14(9-12(17)18)10-4-2-1-3-5-10/h1-5H,6-9H2,(H,17,18). The van der Waals surface area contributed by atoms with E-state index in [2.05, 4.69) is 4.74 Å². The van der Waals surface area contributed by atoms with E-state index in [0.29, 0.717) is 5.69 Å². The second kappa shape index (κ2) is 6.05. The van der Waals surface area contributed by atoms with E-state index in [1.807, 2.05) is 0 Å². The number of cyclic esters (lactones) is 1. The smallest absolute Gasteiger partial charge is 0.416 e. The van der Waals surface area contributed by atoms with Gasteiger partial charge in [0.2, 0.25) is 0 Å². The summed E-state index contributed by atoms with van der Waals surface area (Å²) in [6, 6.07) is 8.71. The lowest BCUT2D eigenvalue weighted by Gasteiger charge is -2.23. The number of benzene rings is 1. The van der Waals surface area contributed by atoms with E-state index in [1.54, 1.807) is 30.3 Å². The molecule has 1 aromatic carbocycles. The Bertz CT molecular complexity index is 517. The zero-order chi connectivity index (χ0) is 14.5. The fraction of sp³-hybridized carbons (Fsp3) is 0.308. The third-order valence-electron chi connectivity index (χ3n) is 2.84. The Kier molecular flexibility index (Phi) is 4.19. The number of carbonyl (C=O) groups excluding carboxylic acids is 2. The summed E-state index contributed by atoms with van der Waals surface area (Å²) in [5, 5.41) is 8.92. The largest absolute Gasteiger partial charge is 0.480 e. The molecule has 1 heterocycles. The van der Waals surface area contributed by atoms with E-state index >= 15 is 0 Å². The predicted molar refractivity (Wildman–Crippen MR) is 69.4 cm³/mol. The van der Waals surface area contributed by atoms with Crippen molar-refractivity contribution in [2.75, 3.05) is 31.1 Å². The predicted octanol–water partition coefficient (Wildman–Crippen LogP) is 0.556. The fourth-order valence-electron chi connectivity index (χ4n) is 1.91. The van der Waals surface area contributed by atoms with Crippen molar-refractivity contribution in [3.8, 4) is 0 Å². The first-order valence-electron chi connectivity index (χ1n) is 6.07. The third kappa shape index (κ3) is 3.25. The van der Waals surface area contributed by atoms with Crippen molar-refractivity contribution in [3.63, 3.8) is 0 Å². The van der Waals surface area contributed by atoms with Gasteiger partial charge in [-0.15, -0.1) is 0 Å². The maximum Gasteiger partial charge on any atom is 0.416 e. The molecule has 1 aliphatic heterocycles. The highest BCUT2D eigenvalue weighted by Gasteiger charge is 2.29. The fourth-order valence-corrected chi connectivity index (χ4v) is 1.91. The van der Waals surface area contributed by atoms with Crippen LogP contribution in [0.4, 0.5) is 10.5 Å². The SMILES string of the molecule is O=C(O)CN(CC(=O)N1CCOC1=O)c1ccccc1. The first kappa shape index (κ1) is 13.9. The van der Waals surface area contributed by atoms with E-state index in [-0.39, 0.29) is 26.2 Å². The summed E-state index contributed by atoms with van der Waals surface area (Å²) >= 11 is 0. The number of carboxylic acids is 1. The summed E-state index contributed by atoms with van der Waals surface area (Å²) in [7, 11) is 0. The van der Waals surface area contributed by atoms with Gasteiger partial charge >= 0.3 is 12.1 Å². The van der Waals surface area contributed by atoms with Crippen LogP contribution in [-0.4, -0.2) is 54.2 Å². The summed E-state index contributed by atoms with van der Waals surface area (Å²) in [6.45, 7) is -0.133. The van der Waals surface area contributed by atoms with Gasteiger partial charge in [-0.1, -0.05) is 18.2 Å². The molecule has 0 radical (unpaired) electrons. The molecule has 20 heavy (non-hydrogen) atoms. The molecular formula is C13H14N2O5. The second-order valence-electron chi connectivity index (χ2n) is 4.25. The number of carbonyl (C=O) groups is 3. The van der Waals surface area contributed by atoms with E-state index in [1.165, 1.54) is 4.90 Å². The quantitative estimate of drug-likeness (QED) is 0.846. The molecule has 0 saturated carbocycles. The molecule has 1 fully saturated rings. The zero-order valence-electron chi connectivity index (χ0n) is 10.7. The van der Waals surface area contributed by atoms with Gasteiger partial charge in [-0.25, -0.2) is 9.69 Å². The summed E-state index contributed by atoms with van der Waals surface area (Å²) in [4.78, 5) is 36.6. The summed E-state index contributed by atoms with van der Waals surface area (Å²) in [5.41, 5.74) is 0.607. The monoisotopic (exact) mass is 278 g/mol. The van der Waals surface area contributed by atoms with E-state index < -0.39 is 18.0 Å². The number of aliphatic carboxylic acids is 1. The molecule has 0 bridgehead atoms. The Labute approximate surface area is 115 Å². The van der Waals surface area contributed by atoms with E-state index in [9.17, 15) is 14.4 Å². The molecule has 0 aromatic heterocycles. The number of anilines is 1.